The van der Waals surface area contributed by atoms with Gasteiger partial charge in [0.25, 0.3) is 5.91 Å². The van der Waals surface area contributed by atoms with Gasteiger partial charge >= 0.3 is 0 Å². The molecule has 1 fully saturated rings. The maximum Gasteiger partial charge on any atom is 0.252 e. The summed E-state index contributed by atoms with van der Waals surface area (Å²) in [5, 5.41) is 7.39. The molecule has 1 aliphatic heterocycles. The quantitative estimate of drug-likeness (QED) is 0.842. The van der Waals surface area contributed by atoms with Crippen molar-refractivity contribution >= 4 is 16.8 Å². The number of pyridine rings is 1. The predicted octanol–water partition coefficient (Wildman–Crippen LogP) is 3.38. The third-order valence-electron chi connectivity index (χ3n) is 5.14. The molecule has 0 radical (unpaired) electrons. The molecule has 2 aliphatic rings. The normalized spacial score (nSPS) is 17.4. The molecule has 0 saturated heterocycles. The zero-order valence-electron chi connectivity index (χ0n) is 15.0. The Hall–Kier alpha value is -2.20. The average Bonchev–Trinajstić information content (AvgIpc) is 3.45. The number of nitrogens with one attached hydrogen (secondary N) is 2. The van der Waals surface area contributed by atoms with E-state index in [1.54, 1.807) is 0 Å². The molecular weight excluding hydrogens is 310 g/mol. The van der Waals surface area contributed by atoms with Gasteiger partial charge in [0.2, 0.25) is 0 Å². The first kappa shape index (κ1) is 16.3. The van der Waals surface area contributed by atoms with Gasteiger partial charge in [0.1, 0.15) is 0 Å². The number of aryl methyl sites for hydroxylation is 2. The average molecular weight is 335 g/mol. The van der Waals surface area contributed by atoms with Crippen molar-refractivity contribution in [3.63, 3.8) is 0 Å². The smallest absolute Gasteiger partial charge is 0.252 e. The summed E-state index contributed by atoms with van der Waals surface area (Å²) in [5.41, 5.74) is 6.44. The minimum absolute atomic E-state index is 0.0127. The number of aromatic nitrogens is 1. The summed E-state index contributed by atoms with van der Waals surface area (Å²) in [6.45, 7) is 6.68. The van der Waals surface area contributed by atoms with Crippen LogP contribution in [0.2, 0.25) is 0 Å². The summed E-state index contributed by atoms with van der Waals surface area (Å²) in [6, 6.07) is 6.25. The molecule has 2 aromatic rings. The second-order valence-electron chi connectivity index (χ2n) is 7.35. The second-order valence-corrected chi connectivity index (χ2v) is 7.35. The third-order valence-corrected chi connectivity index (χ3v) is 5.14. The van der Waals surface area contributed by atoms with Crippen LogP contribution in [0, 0.1) is 13.8 Å². The Kier molecular flexibility index (Phi) is 4.30. The zero-order valence-corrected chi connectivity index (χ0v) is 15.0. The van der Waals surface area contributed by atoms with E-state index in [1.807, 2.05) is 6.07 Å². The van der Waals surface area contributed by atoms with Crippen molar-refractivity contribution in [2.45, 2.75) is 39.0 Å². The second kappa shape index (κ2) is 6.60. The van der Waals surface area contributed by atoms with Crippen LogP contribution >= 0.6 is 0 Å². The molecule has 4 rings (SSSR count). The fourth-order valence-corrected chi connectivity index (χ4v) is 3.60. The molecule has 4 nitrogen and oxygen atoms in total. The molecule has 1 aliphatic carbocycles. The largest absolute Gasteiger partial charge is 0.348 e. The Morgan fingerprint density at radius 2 is 2.12 bits per heavy atom. The Morgan fingerprint density at radius 1 is 1.28 bits per heavy atom. The van der Waals surface area contributed by atoms with Crippen LogP contribution in [0.1, 0.15) is 52.4 Å². The van der Waals surface area contributed by atoms with Crippen molar-refractivity contribution in [3.05, 3.63) is 52.2 Å². The Balaban J connectivity index is 1.68. The number of hydrogen-bond donors (Lipinski definition) is 2. The lowest BCUT2D eigenvalue weighted by Crippen LogP contribution is -2.30. The number of hydrogen-bond acceptors (Lipinski definition) is 3. The minimum atomic E-state index is 0.0127. The zero-order chi connectivity index (χ0) is 17.4. The van der Waals surface area contributed by atoms with Crippen LogP contribution in [0.4, 0.5) is 0 Å². The molecule has 0 spiro atoms. The highest BCUT2D eigenvalue weighted by Gasteiger charge is 2.27. The minimum Gasteiger partial charge on any atom is -0.348 e. The van der Waals surface area contributed by atoms with Gasteiger partial charge in [-0.2, -0.15) is 0 Å². The van der Waals surface area contributed by atoms with Crippen molar-refractivity contribution in [1.29, 1.82) is 0 Å². The summed E-state index contributed by atoms with van der Waals surface area (Å²) in [6.07, 6.45) is 5.55. The van der Waals surface area contributed by atoms with Gasteiger partial charge in [-0.1, -0.05) is 23.3 Å². The van der Waals surface area contributed by atoms with E-state index in [0.717, 1.165) is 47.2 Å². The van der Waals surface area contributed by atoms with Gasteiger partial charge in [0.05, 0.1) is 11.1 Å². The van der Waals surface area contributed by atoms with Crippen molar-refractivity contribution in [2.75, 3.05) is 19.6 Å². The lowest BCUT2D eigenvalue weighted by atomic mass is 10.00. The molecule has 1 amide bonds. The van der Waals surface area contributed by atoms with Crippen LogP contribution in [0.15, 0.2) is 29.8 Å². The Labute approximate surface area is 148 Å². The number of benzene rings is 1. The lowest BCUT2D eigenvalue weighted by molar-refractivity contribution is 0.0958. The maximum atomic E-state index is 12.9. The Morgan fingerprint density at radius 3 is 2.84 bits per heavy atom. The lowest BCUT2D eigenvalue weighted by Gasteiger charge is -2.16. The van der Waals surface area contributed by atoms with Crippen molar-refractivity contribution in [2.24, 2.45) is 0 Å². The molecule has 2 heterocycles. The summed E-state index contributed by atoms with van der Waals surface area (Å²) in [7, 11) is 0. The summed E-state index contributed by atoms with van der Waals surface area (Å²) in [4.78, 5) is 17.8. The van der Waals surface area contributed by atoms with Crippen LogP contribution in [-0.4, -0.2) is 30.5 Å². The predicted molar refractivity (Wildman–Crippen MR) is 101 cm³/mol. The number of carbonyl (C=O) groups is 1. The molecule has 4 heteroatoms. The number of rotatable bonds is 4. The van der Waals surface area contributed by atoms with E-state index in [2.05, 4.69) is 42.7 Å². The molecule has 1 aromatic carbocycles. The first-order chi connectivity index (χ1) is 12.1. The SMILES string of the molecule is Cc1cc(C)c2nc(C3CC3)cc(C(=O)NCC3=CCNCC3)c2c1. The van der Waals surface area contributed by atoms with E-state index in [4.69, 9.17) is 4.98 Å². The number of carbonyl (C=O) groups excluding carboxylic acids is 1. The van der Waals surface area contributed by atoms with Gasteiger partial charge in [-0.15, -0.1) is 0 Å². The first-order valence-corrected chi connectivity index (χ1v) is 9.20. The van der Waals surface area contributed by atoms with Gasteiger partial charge in [-0.3, -0.25) is 9.78 Å². The van der Waals surface area contributed by atoms with Gasteiger partial charge in [-0.25, -0.2) is 0 Å². The standard InChI is InChI=1S/C21H25N3O/c1-13-9-14(2)20-17(10-13)18(11-19(24-20)16-3-4-16)21(25)23-12-15-5-7-22-8-6-15/h5,9-11,16,22H,3-4,6-8,12H2,1-2H3,(H,23,25). The van der Waals surface area contributed by atoms with E-state index >= 15 is 0 Å². The van der Waals surface area contributed by atoms with E-state index in [-0.39, 0.29) is 5.91 Å². The van der Waals surface area contributed by atoms with Crippen LogP contribution in [0.3, 0.4) is 0 Å². The van der Waals surface area contributed by atoms with E-state index in [9.17, 15) is 4.79 Å². The van der Waals surface area contributed by atoms with Crippen molar-refractivity contribution in [1.82, 2.24) is 15.6 Å². The topological polar surface area (TPSA) is 54.0 Å². The summed E-state index contributed by atoms with van der Waals surface area (Å²) >= 11 is 0. The monoisotopic (exact) mass is 335 g/mol. The molecule has 0 bridgehead atoms. The molecule has 1 saturated carbocycles. The van der Waals surface area contributed by atoms with Gasteiger partial charge in [0, 0.05) is 30.1 Å². The fourth-order valence-electron chi connectivity index (χ4n) is 3.60. The highest BCUT2D eigenvalue weighted by Crippen LogP contribution is 2.40. The van der Waals surface area contributed by atoms with E-state index in [0.29, 0.717) is 12.5 Å². The molecule has 1 aromatic heterocycles. The number of fused-ring (bicyclic) bond motifs is 1. The fraction of sp³-hybridized carbons (Fsp3) is 0.429. The van der Waals surface area contributed by atoms with Crippen LogP contribution in [0.5, 0.6) is 0 Å². The van der Waals surface area contributed by atoms with Crippen LogP contribution < -0.4 is 10.6 Å². The van der Waals surface area contributed by atoms with Crippen LogP contribution in [-0.2, 0) is 0 Å². The van der Waals surface area contributed by atoms with Crippen molar-refractivity contribution in [3.8, 4) is 0 Å². The molecule has 25 heavy (non-hydrogen) atoms. The van der Waals surface area contributed by atoms with Gasteiger partial charge in [-0.05, 0) is 57.4 Å². The Bertz CT molecular complexity index is 865. The van der Waals surface area contributed by atoms with E-state index < -0.39 is 0 Å². The maximum absolute atomic E-state index is 12.9. The summed E-state index contributed by atoms with van der Waals surface area (Å²) in [5.74, 6) is 0.544. The highest BCUT2D eigenvalue weighted by molar-refractivity contribution is 6.07. The van der Waals surface area contributed by atoms with Gasteiger partial charge in [0.15, 0.2) is 0 Å². The highest BCUT2D eigenvalue weighted by atomic mass is 16.1. The molecule has 0 unspecified atom stereocenters. The number of amides is 1. The first-order valence-electron chi connectivity index (χ1n) is 9.20. The van der Waals surface area contributed by atoms with Gasteiger partial charge < -0.3 is 10.6 Å². The van der Waals surface area contributed by atoms with Crippen LogP contribution in [0.25, 0.3) is 10.9 Å². The third kappa shape index (κ3) is 3.45. The molecule has 0 atom stereocenters. The van der Waals surface area contributed by atoms with Crippen molar-refractivity contribution < 1.29 is 4.79 Å². The van der Waals surface area contributed by atoms with E-state index in [1.165, 1.54) is 24.0 Å². The molecular formula is C21H25N3O. The molecule has 2 N–H and O–H groups in total. The molecule has 130 valence electrons. The number of nitrogens with zero attached hydrogens (tertiary/aromatic N) is 1. The summed E-state index contributed by atoms with van der Waals surface area (Å²) < 4.78 is 0.